The maximum atomic E-state index is 12.7. The second kappa shape index (κ2) is 6.87. The summed E-state index contributed by atoms with van der Waals surface area (Å²) in [5.41, 5.74) is 0.933. The SMILES string of the molecule is Cc1ccc(/C=C/C(=O)Nc2cc(C(F)(F)F)ccc2Cl)cc1. The summed E-state index contributed by atoms with van der Waals surface area (Å²) in [4.78, 5) is 11.8. The molecule has 6 heteroatoms. The van der Waals surface area contributed by atoms with Crippen LogP contribution in [0.4, 0.5) is 18.9 Å². The van der Waals surface area contributed by atoms with Crippen molar-refractivity contribution in [3.8, 4) is 0 Å². The van der Waals surface area contributed by atoms with Crippen molar-refractivity contribution in [1.29, 1.82) is 0 Å². The van der Waals surface area contributed by atoms with Gasteiger partial charge in [-0.1, -0.05) is 41.4 Å². The summed E-state index contributed by atoms with van der Waals surface area (Å²) >= 11 is 5.82. The Kier molecular flexibility index (Phi) is 5.11. The molecule has 0 aliphatic carbocycles. The molecular formula is C17H13ClF3NO. The van der Waals surface area contributed by atoms with Crippen molar-refractivity contribution in [2.75, 3.05) is 5.32 Å². The van der Waals surface area contributed by atoms with Gasteiger partial charge in [-0.3, -0.25) is 4.79 Å². The predicted octanol–water partition coefficient (Wildman–Crippen LogP) is 5.32. The van der Waals surface area contributed by atoms with E-state index in [2.05, 4.69) is 5.32 Å². The molecule has 2 rings (SSSR count). The van der Waals surface area contributed by atoms with E-state index in [1.54, 1.807) is 6.08 Å². The molecule has 2 aromatic carbocycles. The Morgan fingerprint density at radius 2 is 1.78 bits per heavy atom. The molecule has 1 N–H and O–H groups in total. The fraction of sp³-hybridized carbons (Fsp3) is 0.118. The Morgan fingerprint density at radius 1 is 1.13 bits per heavy atom. The van der Waals surface area contributed by atoms with Gasteiger partial charge < -0.3 is 5.32 Å². The van der Waals surface area contributed by atoms with E-state index in [-0.39, 0.29) is 10.7 Å². The third-order valence-corrected chi connectivity index (χ3v) is 3.39. The third-order valence-electron chi connectivity index (χ3n) is 3.06. The van der Waals surface area contributed by atoms with Gasteiger partial charge in [0, 0.05) is 6.08 Å². The highest BCUT2D eigenvalue weighted by Crippen LogP contribution is 2.33. The van der Waals surface area contributed by atoms with E-state index in [0.29, 0.717) is 0 Å². The van der Waals surface area contributed by atoms with Crippen LogP contribution in [-0.4, -0.2) is 5.91 Å². The molecule has 0 saturated heterocycles. The lowest BCUT2D eigenvalue weighted by Gasteiger charge is -2.10. The van der Waals surface area contributed by atoms with Crippen LogP contribution in [-0.2, 0) is 11.0 Å². The molecular weight excluding hydrogens is 327 g/mol. The Balaban J connectivity index is 2.12. The van der Waals surface area contributed by atoms with Crippen molar-refractivity contribution in [2.45, 2.75) is 13.1 Å². The molecule has 2 nitrogen and oxygen atoms in total. The number of hydrogen-bond donors (Lipinski definition) is 1. The maximum Gasteiger partial charge on any atom is 0.416 e. The number of hydrogen-bond acceptors (Lipinski definition) is 1. The maximum absolute atomic E-state index is 12.7. The molecule has 0 aliphatic heterocycles. The molecule has 0 spiro atoms. The van der Waals surface area contributed by atoms with Crippen LogP contribution in [0.15, 0.2) is 48.5 Å². The normalized spacial score (nSPS) is 11.7. The number of nitrogens with one attached hydrogen (secondary N) is 1. The zero-order valence-corrected chi connectivity index (χ0v) is 12.9. The molecule has 2 aromatic rings. The molecule has 0 unspecified atom stereocenters. The van der Waals surface area contributed by atoms with Crippen molar-refractivity contribution in [3.63, 3.8) is 0 Å². The Bertz CT molecular complexity index is 736. The first-order valence-corrected chi connectivity index (χ1v) is 7.06. The van der Waals surface area contributed by atoms with Crippen LogP contribution in [0.2, 0.25) is 5.02 Å². The Labute approximate surface area is 136 Å². The molecule has 0 fully saturated rings. The summed E-state index contributed by atoms with van der Waals surface area (Å²) in [6.07, 6.45) is -1.70. The first-order chi connectivity index (χ1) is 10.8. The minimum atomic E-state index is -4.50. The van der Waals surface area contributed by atoms with Crippen LogP contribution >= 0.6 is 11.6 Å². The zero-order chi connectivity index (χ0) is 17.0. The highest BCUT2D eigenvalue weighted by Gasteiger charge is 2.31. The van der Waals surface area contributed by atoms with E-state index < -0.39 is 17.6 Å². The van der Waals surface area contributed by atoms with Gasteiger partial charge >= 0.3 is 6.18 Å². The molecule has 0 aliphatic rings. The number of aryl methyl sites for hydroxylation is 1. The van der Waals surface area contributed by atoms with Crippen molar-refractivity contribution in [2.24, 2.45) is 0 Å². The first-order valence-electron chi connectivity index (χ1n) is 6.68. The lowest BCUT2D eigenvalue weighted by Crippen LogP contribution is -2.11. The summed E-state index contributed by atoms with van der Waals surface area (Å²) < 4.78 is 38.0. The van der Waals surface area contributed by atoms with Gasteiger partial charge in [0.25, 0.3) is 0 Å². The second-order valence-electron chi connectivity index (χ2n) is 4.93. The number of amides is 1. The van der Waals surface area contributed by atoms with Crippen LogP contribution in [0.1, 0.15) is 16.7 Å². The molecule has 0 atom stereocenters. The van der Waals surface area contributed by atoms with Crippen molar-refractivity contribution >= 4 is 29.3 Å². The third kappa shape index (κ3) is 4.86. The van der Waals surface area contributed by atoms with E-state index in [1.807, 2.05) is 31.2 Å². The molecule has 0 heterocycles. The Hall–Kier alpha value is -2.27. The average Bonchev–Trinajstić information content (AvgIpc) is 2.48. The largest absolute Gasteiger partial charge is 0.416 e. The minimum absolute atomic E-state index is 0.0371. The van der Waals surface area contributed by atoms with E-state index in [9.17, 15) is 18.0 Å². The fourth-order valence-electron chi connectivity index (χ4n) is 1.82. The van der Waals surface area contributed by atoms with E-state index in [1.165, 1.54) is 6.08 Å². The van der Waals surface area contributed by atoms with Gasteiger partial charge in [-0.15, -0.1) is 0 Å². The number of benzene rings is 2. The smallest absolute Gasteiger partial charge is 0.321 e. The Morgan fingerprint density at radius 3 is 2.39 bits per heavy atom. The van der Waals surface area contributed by atoms with E-state index >= 15 is 0 Å². The fourth-order valence-corrected chi connectivity index (χ4v) is 1.99. The second-order valence-corrected chi connectivity index (χ2v) is 5.33. The van der Waals surface area contributed by atoms with Crippen LogP contribution < -0.4 is 5.32 Å². The van der Waals surface area contributed by atoms with Gasteiger partial charge in [0.1, 0.15) is 0 Å². The standard InChI is InChI=1S/C17H13ClF3NO/c1-11-2-4-12(5-3-11)6-9-16(23)22-15-10-13(17(19,20)21)7-8-14(15)18/h2-10H,1H3,(H,22,23)/b9-6+. The number of carbonyl (C=O) groups excluding carboxylic acids is 1. The lowest BCUT2D eigenvalue weighted by atomic mass is 10.1. The molecule has 0 aromatic heterocycles. The summed E-state index contributed by atoms with van der Waals surface area (Å²) in [5, 5.41) is 2.38. The van der Waals surface area contributed by atoms with Crippen LogP contribution in [0, 0.1) is 6.92 Å². The van der Waals surface area contributed by atoms with Gasteiger partial charge in [-0.25, -0.2) is 0 Å². The lowest BCUT2D eigenvalue weighted by molar-refractivity contribution is -0.137. The number of rotatable bonds is 3. The van der Waals surface area contributed by atoms with Crippen LogP contribution in [0.5, 0.6) is 0 Å². The van der Waals surface area contributed by atoms with Crippen molar-refractivity contribution in [1.82, 2.24) is 0 Å². The summed E-state index contributed by atoms with van der Waals surface area (Å²) in [5.74, 6) is -0.563. The quantitative estimate of drug-likeness (QED) is 0.753. The van der Waals surface area contributed by atoms with Crippen LogP contribution in [0.25, 0.3) is 6.08 Å². The van der Waals surface area contributed by atoms with Gasteiger partial charge in [0.15, 0.2) is 0 Å². The van der Waals surface area contributed by atoms with E-state index in [0.717, 1.165) is 29.3 Å². The molecule has 0 radical (unpaired) electrons. The van der Waals surface area contributed by atoms with Crippen molar-refractivity contribution < 1.29 is 18.0 Å². The van der Waals surface area contributed by atoms with Crippen molar-refractivity contribution in [3.05, 3.63) is 70.3 Å². The summed E-state index contributed by atoms with van der Waals surface area (Å²) in [7, 11) is 0. The van der Waals surface area contributed by atoms with Gasteiger partial charge in [-0.2, -0.15) is 13.2 Å². The number of halogens is 4. The van der Waals surface area contributed by atoms with Crippen LogP contribution in [0.3, 0.4) is 0 Å². The summed E-state index contributed by atoms with van der Waals surface area (Å²) in [6.45, 7) is 1.94. The zero-order valence-electron chi connectivity index (χ0n) is 12.1. The van der Waals surface area contributed by atoms with E-state index in [4.69, 9.17) is 11.6 Å². The van der Waals surface area contributed by atoms with Gasteiger partial charge in [0.2, 0.25) is 5.91 Å². The summed E-state index contributed by atoms with van der Waals surface area (Å²) in [6, 6.07) is 10.2. The van der Waals surface area contributed by atoms with Gasteiger partial charge in [0.05, 0.1) is 16.3 Å². The number of anilines is 1. The predicted molar refractivity (Wildman–Crippen MR) is 85.3 cm³/mol. The number of alkyl halides is 3. The molecule has 23 heavy (non-hydrogen) atoms. The average molecular weight is 340 g/mol. The molecule has 120 valence electrons. The molecule has 1 amide bonds. The highest BCUT2D eigenvalue weighted by molar-refractivity contribution is 6.33. The minimum Gasteiger partial charge on any atom is -0.321 e. The van der Waals surface area contributed by atoms with Gasteiger partial charge in [-0.05, 0) is 36.8 Å². The monoisotopic (exact) mass is 339 g/mol. The molecule has 0 bridgehead atoms. The first kappa shape index (κ1) is 17.1. The topological polar surface area (TPSA) is 29.1 Å². The molecule has 0 saturated carbocycles. The highest BCUT2D eigenvalue weighted by atomic mass is 35.5. The number of carbonyl (C=O) groups is 1.